The minimum Gasteiger partial charge on any atom is -0.348 e. The molecule has 1 amide bonds. The molecule has 1 aliphatic carbocycles. The third-order valence-electron chi connectivity index (χ3n) is 5.74. The Labute approximate surface area is 178 Å². The van der Waals surface area contributed by atoms with Gasteiger partial charge < -0.3 is 5.32 Å². The van der Waals surface area contributed by atoms with Gasteiger partial charge in [-0.15, -0.1) is 11.3 Å². The van der Waals surface area contributed by atoms with E-state index in [1.807, 2.05) is 12.1 Å². The summed E-state index contributed by atoms with van der Waals surface area (Å²) in [6.07, 6.45) is 6.35. The summed E-state index contributed by atoms with van der Waals surface area (Å²) >= 11 is 1.28. The van der Waals surface area contributed by atoms with Gasteiger partial charge in [0, 0.05) is 13.1 Å². The molecular weight excluding hydrogens is 404 g/mol. The van der Waals surface area contributed by atoms with Crippen molar-refractivity contribution in [1.82, 2.24) is 5.32 Å². The molecule has 1 N–H and O–H groups in total. The van der Waals surface area contributed by atoms with Gasteiger partial charge in [-0.2, -0.15) is 0 Å². The van der Waals surface area contributed by atoms with Gasteiger partial charge in [0.15, 0.2) is 0 Å². The third kappa shape index (κ3) is 4.83. The molecule has 2 atom stereocenters. The Hall–Kier alpha value is -1.86. The first-order chi connectivity index (χ1) is 13.8. The van der Waals surface area contributed by atoms with Crippen LogP contribution in [0, 0.1) is 5.92 Å². The first-order valence-corrected chi connectivity index (χ1v) is 12.6. The van der Waals surface area contributed by atoms with Gasteiger partial charge in [-0.05, 0) is 54.3 Å². The van der Waals surface area contributed by atoms with Crippen LogP contribution in [0.3, 0.4) is 0 Å². The lowest BCUT2D eigenvalue weighted by Gasteiger charge is -2.29. The first kappa shape index (κ1) is 21.8. The van der Waals surface area contributed by atoms with Gasteiger partial charge in [0.25, 0.3) is 15.9 Å². The minimum absolute atomic E-state index is 0.152. The molecule has 1 aromatic heterocycles. The summed E-state index contributed by atoms with van der Waals surface area (Å²) in [5.41, 5.74) is 1.54. The lowest BCUT2D eigenvalue weighted by Crippen LogP contribution is -2.41. The second kappa shape index (κ2) is 9.30. The Balaban J connectivity index is 1.80. The minimum atomic E-state index is -3.73. The van der Waals surface area contributed by atoms with Gasteiger partial charge in [-0.1, -0.05) is 45.2 Å². The quantitative estimate of drug-likeness (QED) is 0.678. The Morgan fingerprint density at radius 1 is 1.17 bits per heavy atom. The average molecular weight is 435 g/mol. The molecule has 2 unspecified atom stereocenters. The Bertz CT molecular complexity index is 935. The molecule has 1 heterocycles. The van der Waals surface area contributed by atoms with E-state index < -0.39 is 10.0 Å². The Morgan fingerprint density at radius 2 is 1.86 bits per heavy atom. The maximum atomic E-state index is 13.1. The van der Waals surface area contributed by atoms with Crippen molar-refractivity contribution in [1.29, 1.82) is 0 Å². The molecule has 3 rings (SSSR count). The largest absolute Gasteiger partial charge is 0.348 e. The third-order valence-corrected chi connectivity index (χ3v) is 8.43. The van der Waals surface area contributed by atoms with E-state index in [4.69, 9.17) is 0 Å². The van der Waals surface area contributed by atoms with Crippen molar-refractivity contribution in [3.63, 3.8) is 0 Å². The van der Waals surface area contributed by atoms with Crippen LogP contribution in [0.25, 0.3) is 0 Å². The lowest BCUT2D eigenvalue weighted by atomic mass is 9.86. The van der Waals surface area contributed by atoms with Crippen LogP contribution in [0.15, 0.2) is 40.6 Å². The molecule has 2 aromatic rings. The summed E-state index contributed by atoms with van der Waals surface area (Å²) in [5.74, 6) is 0.258. The Kier molecular flexibility index (Phi) is 7.01. The molecule has 29 heavy (non-hydrogen) atoms. The Morgan fingerprint density at radius 3 is 2.52 bits per heavy atom. The number of aryl methyl sites for hydroxylation is 1. The molecule has 5 nitrogen and oxygen atoms in total. The highest BCUT2D eigenvalue weighted by Gasteiger charge is 2.28. The van der Waals surface area contributed by atoms with E-state index in [9.17, 15) is 13.2 Å². The summed E-state index contributed by atoms with van der Waals surface area (Å²) < 4.78 is 27.5. The molecule has 7 heteroatoms. The van der Waals surface area contributed by atoms with Crippen LogP contribution in [0.5, 0.6) is 0 Å². The fourth-order valence-corrected chi connectivity index (χ4v) is 5.98. The highest BCUT2D eigenvalue weighted by atomic mass is 32.2. The van der Waals surface area contributed by atoms with Crippen molar-refractivity contribution >= 4 is 33.0 Å². The van der Waals surface area contributed by atoms with E-state index >= 15 is 0 Å². The molecular formula is C22H30N2O3S2. The number of carbonyl (C=O) groups excluding carboxylic acids is 1. The number of nitrogens with one attached hydrogen (secondary N) is 1. The van der Waals surface area contributed by atoms with Crippen molar-refractivity contribution in [2.75, 3.05) is 11.4 Å². The summed E-state index contributed by atoms with van der Waals surface area (Å²) in [4.78, 5) is 13.6. The van der Waals surface area contributed by atoms with Crippen LogP contribution in [-0.4, -0.2) is 27.4 Å². The number of nitrogens with zero attached hydrogens (tertiary/aromatic N) is 1. The zero-order valence-corrected chi connectivity index (χ0v) is 19.0. The van der Waals surface area contributed by atoms with Crippen molar-refractivity contribution in [2.24, 2.45) is 5.92 Å². The molecule has 0 aliphatic heterocycles. The topological polar surface area (TPSA) is 66.5 Å². The number of benzene rings is 1. The smallest absolute Gasteiger partial charge is 0.264 e. The average Bonchev–Trinajstić information content (AvgIpc) is 3.19. The highest BCUT2D eigenvalue weighted by molar-refractivity contribution is 7.92. The number of amides is 1. The molecule has 0 saturated heterocycles. The van der Waals surface area contributed by atoms with Gasteiger partial charge in [0.2, 0.25) is 0 Å². The van der Waals surface area contributed by atoms with E-state index in [0.717, 1.165) is 37.7 Å². The fraction of sp³-hybridized carbons (Fsp3) is 0.500. The SMILES string of the molecule is CCCc1ccc(S(=O)(=O)N(C)c2ccsc2C(=O)NC2CCCCC2C)cc1. The normalized spacial score (nSPS) is 19.7. The number of rotatable bonds is 7. The summed E-state index contributed by atoms with van der Waals surface area (Å²) in [6.45, 7) is 4.26. The van der Waals surface area contributed by atoms with Crippen molar-refractivity contribution in [2.45, 2.75) is 63.3 Å². The van der Waals surface area contributed by atoms with Crippen LogP contribution in [0.4, 0.5) is 5.69 Å². The van der Waals surface area contributed by atoms with Gasteiger partial charge in [-0.3, -0.25) is 9.10 Å². The highest BCUT2D eigenvalue weighted by Crippen LogP contribution is 2.31. The monoisotopic (exact) mass is 434 g/mol. The number of sulfonamides is 1. The number of anilines is 1. The first-order valence-electron chi connectivity index (χ1n) is 10.3. The maximum Gasteiger partial charge on any atom is 0.264 e. The molecule has 1 aromatic carbocycles. The van der Waals surface area contributed by atoms with Crippen LogP contribution in [0.1, 0.15) is 61.2 Å². The van der Waals surface area contributed by atoms with Crippen LogP contribution in [0.2, 0.25) is 0 Å². The van der Waals surface area contributed by atoms with E-state index in [1.54, 1.807) is 23.6 Å². The molecule has 1 saturated carbocycles. The van der Waals surface area contributed by atoms with Crippen molar-refractivity contribution in [3.8, 4) is 0 Å². The fourth-order valence-electron chi connectivity index (χ4n) is 3.89. The van der Waals surface area contributed by atoms with Crippen molar-refractivity contribution < 1.29 is 13.2 Å². The number of hydrogen-bond donors (Lipinski definition) is 1. The zero-order chi connectivity index (χ0) is 21.0. The van der Waals surface area contributed by atoms with Gasteiger partial charge in [-0.25, -0.2) is 8.42 Å². The van der Waals surface area contributed by atoms with Crippen molar-refractivity contribution in [3.05, 3.63) is 46.2 Å². The number of hydrogen-bond acceptors (Lipinski definition) is 4. The van der Waals surface area contributed by atoms with E-state index in [1.165, 1.54) is 29.1 Å². The second-order valence-corrected chi connectivity index (χ2v) is 10.7. The van der Waals surface area contributed by atoms with Gasteiger partial charge in [0.1, 0.15) is 4.88 Å². The lowest BCUT2D eigenvalue weighted by molar-refractivity contribution is 0.0915. The molecule has 0 bridgehead atoms. The van der Waals surface area contributed by atoms with E-state index in [-0.39, 0.29) is 16.8 Å². The summed E-state index contributed by atoms with van der Waals surface area (Å²) in [6, 6.07) is 8.86. The molecule has 1 fully saturated rings. The number of thiophene rings is 1. The molecule has 1 aliphatic rings. The summed E-state index contributed by atoms with van der Waals surface area (Å²) in [5, 5.41) is 4.90. The predicted octanol–water partition coefficient (Wildman–Crippen LogP) is 4.83. The predicted molar refractivity (Wildman–Crippen MR) is 119 cm³/mol. The standard InChI is InChI=1S/C22H30N2O3S2/c1-4-7-17-10-12-18(13-11-17)29(26,27)24(3)20-14-15-28-21(20)22(25)23-19-9-6-5-8-16(19)2/h10-16,19H,4-9H2,1-3H3,(H,23,25). The van der Waals surface area contributed by atoms with Crippen LogP contribution >= 0.6 is 11.3 Å². The van der Waals surface area contributed by atoms with Gasteiger partial charge in [0.05, 0.1) is 10.6 Å². The van der Waals surface area contributed by atoms with Gasteiger partial charge >= 0.3 is 0 Å². The van der Waals surface area contributed by atoms with Crippen LogP contribution in [-0.2, 0) is 16.4 Å². The van der Waals surface area contributed by atoms with E-state index in [2.05, 4.69) is 19.2 Å². The van der Waals surface area contributed by atoms with Crippen LogP contribution < -0.4 is 9.62 Å². The zero-order valence-electron chi connectivity index (χ0n) is 17.3. The number of carbonyl (C=O) groups is 1. The second-order valence-electron chi connectivity index (χ2n) is 7.84. The molecule has 0 spiro atoms. The molecule has 158 valence electrons. The van der Waals surface area contributed by atoms with E-state index in [0.29, 0.717) is 16.5 Å². The maximum absolute atomic E-state index is 13.1. The summed E-state index contributed by atoms with van der Waals surface area (Å²) in [7, 11) is -2.22. The molecule has 0 radical (unpaired) electrons.